The number of carbonyl (C=O) groups is 1. The maximum Gasteiger partial charge on any atom is 0.267 e. The average molecular weight is 381 g/mol. The van der Waals surface area contributed by atoms with Crippen LogP contribution in [0.4, 0.5) is 0 Å². The summed E-state index contributed by atoms with van der Waals surface area (Å²) in [6.45, 7) is 5.22. The van der Waals surface area contributed by atoms with Gasteiger partial charge in [0.25, 0.3) is 11.5 Å². The number of fused-ring (bicyclic) bond motifs is 2. The number of hydrogen-bond acceptors (Lipinski definition) is 5. The lowest BCUT2D eigenvalue weighted by molar-refractivity contribution is 0.0934. The van der Waals surface area contributed by atoms with E-state index in [4.69, 9.17) is 15.1 Å². The van der Waals surface area contributed by atoms with Gasteiger partial charge in [-0.1, -0.05) is 6.07 Å². The van der Waals surface area contributed by atoms with Gasteiger partial charge in [-0.05, 0) is 44.4 Å². The maximum atomic E-state index is 13.2. The molecule has 8 heteroatoms. The van der Waals surface area contributed by atoms with E-state index in [2.05, 4.69) is 5.32 Å². The number of hydrogen-bond donors (Lipinski definition) is 2. The van der Waals surface area contributed by atoms with Crippen LogP contribution in [0.1, 0.15) is 35.7 Å². The van der Waals surface area contributed by atoms with Gasteiger partial charge in [0.2, 0.25) is 0 Å². The fourth-order valence-electron chi connectivity index (χ4n) is 3.70. The third kappa shape index (κ3) is 2.99. The summed E-state index contributed by atoms with van der Waals surface area (Å²) < 4.78 is 8.86. The molecule has 0 aromatic carbocycles. The van der Waals surface area contributed by atoms with Gasteiger partial charge in [-0.2, -0.15) is 0 Å². The number of rotatable bonds is 4. The van der Waals surface area contributed by atoms with E-state index in [1.807, 2.05) is 19.9 Å². The zero-order chi connectivity index (χ0) is 19.8. The Balaban J connectivity index is 2.06. The summed E-state index contributed by atoms with van der Waals surface area (Å²) in [5.74, 6) is -0.371. The summed E-state index contributed by atoms with van der Waals surface area (Å²) in [4.78, 5) is 30.4. The fraction of sp³-hybridized carbons (Fsp3) is 0.400. The molecule has 0 aliphatic carbocycles. The number of carbonyl (C=O) groups excluding carboxylic acids is 1. The molecule has 1 aliphatic rings. The van der Waals surface area contributed by atoms with Gasteiger partial charge >= 0.3 is 0 Å². The van der Waals surface area contributed by atoms with Gasteiger partial charge in [0.05, 0.1) is 23.6 Å². The smallest absolute Gasteiger partial charge is 0.267 e. The van der Waals surface area contributed by atoms with Crippen molar-refractivity contribution in [3.63, 3.8) is 0 Å². The summed E-state index contributed by atoms with van der Waals surface area (Å²) in [7, 11) is 0. The van der Waals surface area contributed by atoms with Crippen LogP contribution in [-0.2, 0) is 11.3 Å². The molecule has 1 atom stereocenters. The van der Waals surface area contributed by atoms with Crippen LogP contribution in [0, 0.1) is 12.3 Å². The Bertz CT molecular complexity index is 1190. The lowest BCUT2D eigenvalue weighted by Gasteiger charge is -2.17. The Kier molecular flexibility index (Phi) is 4.72. The van der Waals surface area contributed by atoms with Crippen molar-refractivity contribution in [2.24, 2.45) is 0 Å². The average Bonchev–Trinajstić information content (AvgIpc) is 3.18. The number of aryl methyl sites for hydroxylation is 1. The molecule has 1 unspecified atom stereocenters. The van der Waals surface area contributed by atoms with Gasteiger partial charge in [-0.15, -0.1) is 0 Å². The Morgan fingerprint density at radius 2 is 2.25 bits per heavy atom. The molecule has 1 amide bonds. The molecule has 1 aliphatic heterocycles. The number of amides is 1. The first-order valence-electron chi connectivity index (χ1n) is 9.51. The molecule has 4 heterocycles. The standard InChI is InChI=1S/C20H23N5O3/c1-3-22-19(26)14-10-15-18(25(16(14)21)11-13-7-5-9-28-13)23-17-12(2)6-4-8-24(17)20(15)27/h4,6,8,10,13,21H,3,5,7,9,11H2,1-2H3,(H,22,26). The summed E-state index contributed by atoms with van der Waals surface area (Å²) in [5, 5.41) is 11.7. The highest BCUT2D eigenvalue weighted by Crippen LogP contribution is 2.17. The molecular weight excluding hydrogens is 358 g/mol. The summed E-state index contributed by atoms with van der Waals surface area (Å²) in [5.41, 5.74) is 1.77. The number of pyridine rings is 2. The lowest BCUT2D eigenvalue weighted by Crippen LogP contribution is -2.36. The minimum atomic E-state index is -0.371. The second kappa shape index (κ2) is 7.20. The van der Waals surface area contributed by atoms with E-state index in [-0.39, 0.29) is 28.6 Å². The SMILES string of the molecule is CCNC(=O)c1cc2c(=O)n3cccc(C)c3nc2n(CC2CCCO2)c1=N. The quantitative estimate of drug-likeness (QED) is 0.667. The van der Waals surface area contributed by atoms with Gasteiger partial charge in [0, 0.05) is 19.3 Å². The first kappa shape index (κ1) is 18.4. The molecule has 0 radical (unpaired) electrons. The van der Waals surface area contributed by atoms with Crippen molar-refractivity contribution in [1.29, 1.82) is 5.41 Å². The van der Waals surface area contributed by atoms with Crippen molar-refractivity contribution in [2.45, 2.75) is 39.3 Å². The van der Waals surface area contributed by atoms with E-state index in [9.17, 15) is 9.59 Å². The normalized spacial score (nSPS) is 16.7. The molecule has 0 spiro atoms. The van der Waals surface area contributed by atoms with E-state index in [1.54, 1.807) is 16.8 Å². The molecular formula is C20H23N5O3. The van der Waals surface area contributed by atoms with E-state index in [0.717, 1.165) is 18.4 Å². The number of aromatic nitrogens is 3. The van der Waals surface area contributed by atoms with Crippen LogP contribution in [-0.4, -0.2) is 39.1 Å². The first-order chi connectivity index (χ1) is 13.5. The third-order valence-corrected chi connectivity index (χ3v) is 5.13. The van der Waals surface area contributed by atoms with Crippen LogP contribution >= 0.6 is 0 Å². The molecule has 4 rings (SSSR count). The van der Waals surface area contributed by atoms with E-state index in [1.165, 1.54) is 10.5 Å². The van der Waals surface area contributed by atoms with Gasteiger partial charge < -0.3 is 14.6 Å². The van der Waals surface area contributed by atoms with Crippen LogP contribution in [0.15, 0.2) is 29.2 Å². The second-order valence-corrected chi connectivity index (χ2v) is 7.05. The maximum absolute atomic E-state index is 13.2. The Labute approximate surface area is 161 Å². The zero-order valence-corrected chi connectivity index (χ0v) is 16.0. The highest BCUT2D eigenvalue weighted by molar-refractivity contribution is 5.96. The lowest BCUT2D eigenvalue weighted by atomic mass is 10.1. The van der Waals surface area contributed by atoms with Crippen molar-refractivity contribution in [3.8, 4) is 0 Å². The Hall–Kier alpha value is -3.00. The van der Waals surface area contributed by atoms with E-state index < -0.39 is 0 Å². The zero-order valence-electron chi connectivity index (χ0n) is 16.0. The molecule has 3 aromatic rings. The van der Waals surface area contributed by atoms with Crippen molar-refractivity contribution < 1.29 is 9.53 Å². The van der Waals surface area contributed by atoms with Gasteiger partial charge in [0.15, 0.2) is 0 Å². The molecule has 1 fully saturated rings. The monoisotopic (exact) mass is 381 g/mol. The van der Waals surface area contributed by atoms with Crippen LogP contribution in [0.3, 0.4) is 0 Å². The molecule has 2 N–H and O–H groups in total. The summed E-state index contributed by atoms with van der Waals surface area (Å²) in [6.07, 6.45) is 3.45. The molecule has 0 saturated carbocycles. The Morgan fingerprint density at radius 1 is 1.43 bits per heavy atom. The van der Waals surface area contributed by atoms with Crippen molar-refractivity contribution in [2.75, 3.05) is 13.2 Å². The number of nitrogens with zero attached hydrogens (tertiary/aromatic N) is 3. The molecule has 28 heavy (non-hydrogen) atoms. The topological polar surface area (TPSA) is 101 Å². The van der Waals surface area contributed by atoms with Crippen LogP contribution in [0.5, 0.6) is 0 Å². The first-order valence-corrected chi connectivity index (χ1v) is 9.51. The van der Waals surface area contributed by atoms with Gasteiger partial charge in [0.1, 0.15) is 16.8 Å². The van der Waals surface area contributed by atoms with Crippen molar-refractivity contribution in [1.82, 2.24) is 19.3 Å². The number of ether oxygens (including phenoxy) is 1. The highest BCUT2D eigenvalue weighted by atomic mass is 16.5. The minimum absolute atomic E-state index is 0.0405. The van der Waals surface area contributed by atoms with Gasteiger partial charge in [-0.25, -0.2) is 4.98 Å². The molecule has 8 nitrogen and oxygen atoms in total. The molecule has 146 valence electrons. The van der Waals surface area contributed by atoms with E-state index in [0.29, 0.717) is 36.4 Å². The third-order valence-electron chi connectivity index (χ3n) is 5.13. The summed E-state index contributed by atoms with van der Waals surface area (Å²) >= 11 is 0. The number of nitrogens with one attached hydrogen (secondary N) is 2. The minimum Gasteiger partial charge on any atom is -0.376 e. The summed E-state index contributed by atoms with van der Waals surface area (Å²) in [6, 6.07) is 5.17. The van der Waals surface area contributed by atoms with Crippen molar-refractivity contribution >= 4 is 22.6 Å². The largest absolute Gasteiger partial charge is 0.376 e. The Morgan fingerprint density at radius 3 is 2.96 bits per heavy atom. The van der Waals surface area contributed by atoms with Crippen LogP contribution < -0.4 is 16.4 Å². The van der Waals surface area contributed by atoms with Crippen LogP contribution in [0.25, 0.3) is 16.7 Å². The van der Waals surface area contributed by atoms with E-state index >= 15 is 0 Å². The predicted octanol–water partition coefficient (Wildman–Crippen LogP) is 1.37. The highest BCUT2D eigenvalue weighted by Gasteiger charge is 2.22. The fourth-order valence-corrected chi connectivity index (χ4v) is 3.70. The van der Waals surface area contributed by atoms with Crippen molar-refractivity contribution in [3.05, 3.63) is 51.4 Å². The van der Waals surface area contributed by atoms with Gasteiger partial charge in [-0.3, -0.25) is 19.4 Å². The predicted molar refractivity (Wildman–Crippen MR) is 105 cm³/mol. The molecule has 1 saturated heterocycles. The second-order valence-electron chi connectivity index (χ2n) is 7.05. The van der Waals surface area contributed by atoms with Crippen LogP contribution in [0.2, 0.25) is 0 Å². The molecule has 3 aromatic heterocycles. The molecule has 0 bridgehead atoms.